The van der Waals surface area contributed by atoms with Crippen molar-refractivity contribution in [2.45, 2.75) is 68.0 Å². The smallest absolute Gasteiger partial charge is 0.382 e. The van der Waals surface area contributed by atoms with Crippen LogP contribution >= 0.6 is 15.6 Å². The number of halogens is 1. The fraction of sp³-hybridized carbons (Fsp3) is 0.650. The van der Waals surface area contributed by atoms with E-state index in [1.54, 1.807) is 0 Å². The lowest BCUT2D eigenvalue weighted by molar-refractivity contribution is -0.130. The SMILES string of the molecule is Nc1ncnc2c1ncn2[C@@H]1O[C@@H]2COP(=O)(O)O[C@@H]3C[C@@H](COP(=O)(O)O[C@@H]1[C@@H]2F)O[C@H]3N1C=NC2C(=O)NC(N)NC21. The minimum Gasteiger partial charge on any atom is -0.382 e. The predicted molar refractivity (Wildman–Crippen MR) is 140 cm³/mol. The van der Waals surface area contributed by atoms with Gasteiger partial charge in [0.15, 0.2) is 36.1 Å². The normalized spacial score (nSPS) is 44.5. The lowest BCUT2D eigenvalue weighted by Crippen LogP contribution is -2.70. The second-order valence-electron chi connectivity index (χ2n) is 10.5. The Hall–Kier alpha value is -2.72. The summed E-state index contributed by atoms with van der Waals surface area (Å²) in [5, 5.41) is 5.42. The Labute approximate surface area is 246 Å². The minimum absolute atomic E-state index is 0.0169. The summed E-state index contributed by atoms with van der Waals surface area (Å²) in [6.07, 6.45) is -8.63. The van der Waals surface area contributed by atoms with Crippen molar-refractivity contribution in [3.8, 4) is 0 Å². The molecule has 240 valence electrons. The molecule has 0 aromatic carbocycles. The molecule has 8 N–H and O–H groups in total. The number of amides is 1. The molecule has 7 heterocycles. The van der Waals surface area contributed by atoms with Crippen molar-refractivity contribution in [1.82, 2.24) is 35.1 Å². The Bertz CT molecular complexity index is 1590. The average molecular weight is 664 g/mol. The van der Waals surface area contributed by atoms with E-state index in [0.717, 1.165) is 6.33 Å². The molecule has 5 aliphatic rings. The number of aromatic nitrogens is 4. The number of alkyl halides is 1. The van der Waals surface area contributed by atoms with Gasteiger partial charge in [-0.15, -0.1) is 0 Å². The van der Waals surface area contributed by atoms with Crippen molar-refractivity contribution in [2.24, 2.45) is 10.7 Å². The average Bonchev–Trinajstić information content (AvgIpc) is 3.72. The van der Waals surface area contributed by atoms with E-state index in [4.69, 9.17) is 39.0 Å². The van der Waals surface area contributed by atoms with E-state index in [2.05, 4.69) is 30.6 Å². The molecule has 1 amide bonds. The Morgan fingerprint density at radius 2 is 1.82 bits per heavy atom. The van der Waals surface area contributed by atoms with E-state index < -0.39 is 96.3 Å². The molecule has 5 unspecified atom stereocenters. The van der Waals surface area contributed by atoms with Gasteiger partial charge >= 0.3 is 15.6 Å². The maximum Gasteiger partial charge on any atom is 0.472 e. The van der Waals surface area contributed by atoms with Gasteiger partial charge in [0.2, 0.25) is 0 Å². The molecule has 12 atom stereocenters. The second-order valence-corrected chi connectivity index (χ2v) is 13.3. The van der Waals surface area contributed by atoms with Crippen LogP contribution in [0.1, 0.15) is 12.6 Å². The number of nitrogens with zero attached hydrogens (tertiary/aromatic N) is 6. The molecule has 0 saturated carbocycles. The highest BCUT2D eigenvalue weighted by Gasteiger charge is 2.54. The van der Waals surface area contributed by atoms with Gasteiger partial charge in [-0.2, -0.15) is 0 Å². The molecule has 7 rings (SSSR count). The van der Waals surface area contributed by atoms with Crippen molar-refractivity contribution < 1.29 is 55.7 Å². The Morgan fingerprint density at radius 1 is 1.05 bits per heavy atom. The standard InChI is InChI=1S/C20H27FN10O11P2/c21-10-9-3-38-43(33,34)41-8-1-7(39-18(8)31-6-27-12-16(31)28-20(23)29-17(12)32)2-37-44(35,36)42-13(10)19(40-9)30-5-26-11-14(22)24-4-25-15(11)30/h4-10,12-13,16,18-20,28H,1-3,23H2,(H,29,32)(H,33,34)(H,35,36)(H2,22,24,25)/t7-,8+,9+,10+,12?,13+,16?,18+,19+,20?/m0/s1. The van der Waals surface area contributed by atoms with Gasteiger partial charge in [0.25, 0.3) is 5.91 Å². The van der Waals surface area contributed by atoms with Crippen LogP contribution in [0.25, 0.3) is 11.2 Å². The molecular formula is C20H27FN10O11P2. The molecule has 4 fully saturated rings. The van der Waals surface area contributed by atoms with Crippen LogP contribution in [0.3, 0.4) is 0 Å². The van der Waals surface area contributed by atoms with Crippen molar-refractivity contribution >= 4 is 44.9 Å². The monoisotopic (exact) mass is 664 g/mol. The Morgan fingerprint density at radius 3 is 2.64 bits per heavy atom. The van der Waals surface area contributed by atoms with Gasteiger partial charge in [0, 0.05) is 6.42 Å². The number of ether oxygens (including phenoxy) is 2. The molecule has 0 aliphatic carbocycles. The summed E-state index contributed by atoms with van der Waals surface area (Å²) < 4.78 is 75.9. The number of nitrogens with one attached hydrogen (secondary N) is 2. The number of rotatable bonds is 2. The van der Waals surface area contributed by atoms with Crippen LogP contribution in [-0.2, 0) is 41.5 Å². The summed E-state index contributed by atoms with van der Waals surface area (Å²) in [6, 6.07) is -0.913. The number of fused-ring (bicyclic) bond motifs is 6. The molecule has 44 heavy (non-hydrogen) atoms. The van der Waals surface area contributed by atoms with Crippen LogP contribution in [-0.4, -0.2) is 115 Å². The molecule has 0 radical (unpaired) electrons. The van der Waals surface area contributed by atoms with Crippen LogP contribution in [0, 0.1) is 0 Å². The second kappa shape index (κ2) is 11.0. The van der Waals surface area contributed by atoms with E-state index in [1.165, 1.54) is 22.1 Å². The first-order chi connectivity index (χ1) is 20.9. The summed E-state index contributed by atoms with van der Waals surface area (Å²) in [6.45, 7) is -1.41. The molecule has 2 aromatic rings. The highest BCUT2D eigenvalue weighted by Crippen LogP contribution is 2.53. The van der Waals surface area contributed by atoms with Crippen LogP contribution in [0.5, 0.6) is 0 Å². The first kappa shape index (κ1) is 30.0. The van der Waals surface area contributed by atoms with E-state index in [0.29, 0.717) is 0 Å². The molecular weight excluding hydrogens is 637 g/mol. The van der Waals surface area contributed by atoms with Crippen LogP contribution in [0.2, 0.25) is 0 Å². The number of hydrogen-bond acceptors (Lipinski definition) is 17. The third-order valence-corrected chi connectivity index (χ3v) is 9.61. The van der Waals surface area contributed by atoms with Crippen LogP contribution < -0.4 is 22.1 Å². The molecule has 4 bridgehead atoms. The van der Waals surface area contributed by atoms with Gasteiger partial charge in [-0.05, 0) is 0 Å². The Kier molecular flexibility index (Phi) is 7.47. The maximum atomic E-state index is 15.8. The first-order valence-electron chi connectivity index (χ1n) is 13.2. The molecule has 5 aliphatic heterocycles. The van der Waals surface area contributed by atoms with Gasteiger partial charge in [0.1, 0.15) is 42.6 Å². The lowest BCUT2D eigenvalue weighted by Gasteiger charge is -2.39. The molecule has 24 heteroatoms. The zero-order valence-electron chi connectivity index (χ0n) is 22.3. The predicted octanol–water partition coefficient (Wildman–Crippen LogP) is -2.22. The topological polar surface area (TPSA) is 282 Å². The minimum atomic E-state index is -5.00. The van der Waals surface area contributed by atoms with Gasteiger partial charge in [0.05, 0.1) is 32.0 Å². The number of anilines is 1. The summed E-state index contributed by atoms with van der Waals surface area (Å²) >= 11 is 0. The number of carbonyl (C=O) groups excluding carboxylic acids is 1. The number of nitrogen functional groups attached to an aromatic ring is 1. The highest BCUT2D eigenvalue weighted by molar-refractivity contribution is 7.47. The van der Waals surface area contributed by atoms with Gasteiger partial charge in [-0.25, -0.2) is 28.5 Å². The zero-order valence-corrected chi connectivity index (χ0v) is 24.1. The first-order valence-corrected chi connectivity index (χ1v) is 16.2. The van der Waals surface area contributed by atoms with Gasteiger partial charge in [-0.1, -0.05) is 0 Å². The fourth-order valence-electron chi connectivity index (χ4n) is 5.68. The number of carbonyl (C=O) groups is 1. The fourth-order valence-corrected chi connectivity index (χ4v) is 7.55. The van der Waals surface area contributed by atoms with E-state index >= 15 is 4.39 Å². The summed E-state index contributed by atoms with van der Waals surface area (Å²) in [4.78, 5) is 51.2. The van der Waals surface area contributed by atoms with Crippen LogP contribution in [0.4, 0.5) is 10.2 Å². The number of nitrogens with two attached hydrogens (primary N) is 2. The number of phosphoric ester groups is 2. The third kappa shape index (κ3) is 5.40. The van der Waals surface area contributed by atoms with E-state index in [1.807, 2.05) is 0 Å². The molecule has 4 saturated heterocycles. The lowest BCUT2D eigenvalue weighted by atomic mass is 10.1. The quantitative estimate of drug-likeness (QED) is 0.185. The molecule has 21 nitrogen and oxygen atoms in total. The number of phosphoric acid groups is 2. The summed E-state index contributed by atoms with van der Waals surface area (Å²) in [5.41, 5.74) is 11.9. The van der Waals surface area contributed by atoms with Crippen molar-refractivity contribution in [3.05, 3.63) is 12.7 Å². The van der Waals surface area contributed by atoms with Gasteiger partial charge < -0.3 is 35.2 Å². The maximum absolute atomic E-state index is 15.8. The van der Waals surface area contributed by atoms with Crippen molar-refractivity contribution in [2.75, 3.05) is 18.9 Å². The summed E-state index contributed by atoms with van der Waals surface area (Å²) in [7, 11) is -9.92. The van der Waals surface area contributed by atoms with Crippen molar-refractivity contribution in [1.29, 1.82) is 0 Å². The molecule has 0 spiro atoms. The zero-order chi connectivity index (χ0) is 31.0. The number of imidazole rings is 1. The summed E-state index contributed by atoms with van der Waals surface area (Å²) in [5.74, 6) is -0.444. The molecule has 2 aromatic heterocycles. The highest BCUT2D eigenvalue weighted by atomic mass is 31.2. The number of aliphatic imine (C=N–C) groups is 1. The Balaban J connectivity index is 1.16. The number of hydrogen-bond donors (Lipinski definition) is 6. The largest absolute Gasteiger partial charge is 0.472 e. The third-order valence-electron chi connectivity index (χ3n) is 7.61. The van der Waals surface area contributed by atoms with Crippen LogP contribution in [0.15, 0.2) is 17.6 Å². The van der Waals surface area contributed by atoms with E-state index in [-0.39, 0.29) is 23.4 Å². The van der Waals surface area contributed by atoms with E-state index in [9.17, 15) is 23.7 Å². The van der Waals surface area contributed by atoms with Gasteiger partial charge in [-0.3, -0.25) is 43.5 Å². The van der Waals surface area contributed by atoms with Crippen molar-refractivity contribution in [3.63, 3.8) is 0 Å².